The number of carboxylic acids is 1. The Morgan fingerprint density at radius 1 is 1.37 bits per heavy atom. The zero-order valence-corrected chi connectivity index (χ0v) is 10.8. The number of fused-ring (bicyclic) bond motifs is 1. The Kier molecular flexibility index (Phi) is 3.23. The van der Waals surface area contributed by atoms with Crippen molar-refractivity contribution in [2.45, 2.75) is 38.5 Å². The SMILES string of the molecule is O=C(O)c1ccc2oc(CCC3CCCC3)nc2c1. The van der Waals surface area contributed by atoms with Gasteiger partial charge in [0.25, 0.3) is 0 Å². The number of rotatable bonds is 4. The second kappa shape index (κ2) is 5.03. The molecule has 3 rings (SSSR count). The van der Waals surface area contributed by atoms with Crippen molar-refractivity contribution < 1.29 is 14.3 Å². The summed E-state index contributed by atoms with van der Waals surface area (Å²) in [6.45, 7) is 0. The summed E-state index contributed by atoms with van der Waals surface area (Å²) in [5.74, 6) is 0.603. The van der Waals surface area contributed by atoms with Gasteiger partial charge in [0.2, 0.25) is 0 Å². The Bertz CT molecular complexity index is 596. The zero-order valence-electron chi connectivity index (χ0n) is 10.8. The lowest BCUT2D eigenvalue weighted by Crippen LogP contribution is -1.96. The molecule has 0 saturated heterocycles. The average molecular weight is 259 g/mol. The maximum absolute atomic E-state index is 10.9. The van der Waals surface area contributed by atoms with Gasteiger partial charge in [0.1, 0.15) is 5.52 Å². The number of aromatic nitrogens is 1. The first-order valence-corrected chi connectivity index (χ1v) is 6.85. The van der Waals surface area contributed by atoms with Crippen molar-refractivity contribution in [1.29, 1.82) is 0 Å². The summed E-state index contributed by atoms with van der Waals surface area (Å²) in [7, 11) is 0. The second-order valence-corrected chi connectivity index (χ2v) is 5.28. The number of carbonyl (C=O) groups is 1. The molecule has 0 spiro atoms. The predicted molar refractivity (Wildman–Crippen MR) is 71.2 cm³/mol. The number of nitrogens with zero attached hydrogens (tertiary/aromatic N) is 1. The van der Waals surface area contributed by atoms with Crippen LogP contribution in [0.25, 0.3) is 11.1 Å². The van der Waals surface area contributed by atoms with Gasteiger partial charge >= 0.3 is 5.97 Å². The highest BCUT2D eigenvalue weighted by atomic mass is 16.4. The minimum absolute atomic E-state index is 0.253. The Morgan fingerprint density at radius 3 is 2.89 bits per heavy atom. The first kappa shape index (κ1) is 12.2. The summed E-state index contributed by atoms with van der Waals surface area (Å²) in [4.78, 5) is 15.3. The highest BCUT2D eigenvalue weighted by Crippen LogP contribution is 2.29. The number of benzene rings is 1. The predicted octanol–water partition coefficient (Wildman–Crippen LogP) is 3.65. The van der Waals surface area contributed by atoms with E-state index in [0.717, 1.165) is 24.7 Å². The summed E-state index contributed by atoms with van der Waals surface area (Å²) in [5, 5.41) is 8.94. The summed E-state index contributed by atoms with van der Waals surface area (Å²) in [5.41, 5.74) is 1.57. The summed E-state index contributed by atoms with van der Waals surface area (Å²) >= 11 is 0. The molecule has 1 saturated carbocycles. The van der Waals surface area contributed by atoms with Gasteiger partial charge in [-0.2, -0.15) is 0 Å². The average Bonchev–Trinajstić information content (AvgIpc) is 3.04. The topological polar surface area (TPSA) is 63.3 Å². The highest BCUT2D eigenvalue weighted by Gasteiger charge is 2.16. The molecule has 1 N–H and O–H groups in total. The maximum atomic E-state index is 10.9. The third-order valence-electron chi connectivity index (χ3n) is 3.92. The largest absolute Gasteiger partial charge is 0.478 e. The molecule has 1 aromatic carbocycles. The smallest absolute Gasteiger partial charge is 0.335 e. The fourth-order valence-corrected chi connectivity index (χ4v) is 2.84. The maximum Gasteiger partial charge on any atom is 0.335 e. The van der Waals surface area contributed by atoms with E-state index in [4.69, 9.17) is 9.52 Å². The number of hydrogen-bond donors (Lipinski definition) is 1. The van der Waals surface area contributed by atoms with Gasteiger partial charge < -0.3 is 9.52 Å². The molecule has 2 aromatic rings. The van der Waals surface area contributed by atoms with Crippen LogP contribution in [-0.2, 0) is 6.42 Å². The van der Waals surface area contributed by atoms with E-state index < -0.39 is 5.97 Å². The van der Waals surface area contributed by atoms with Crippen molar-refractivity contribution in [3.63, 3.8) is 0 Å². The van der Waals surface area contributed by atoms with Gasteiger partial charge in [0.05, 0.1) is 5.56 Å². The molecular weight excluding hydrogens is 242 g/mol. The van der Waals surface area contributed by atoms with Crippen LogP contribution in [0.2, 0.25) is 0 Å². The minimum atomic E-state index is -0.933. The normalized spacial score (nSPS) is 16.2. The quantitative estimate of drug-likeness (QED) is 0.910. The molecule has 0 bridgehead atoms. The number of aryl methyl sites for hydroxylation is 1. The van der Waals surface area contributed by atoms with Crippen molar-refractivity contribution in [2.24, 2.45) is 5.92 Å². The lowest BCUT2D eigenvalue weighted by atomic mass is 10.0. The summed E-state index contributed by atoms with van der Waals surface area (Å²) in [6, 6.07) is 4.81. The number of hydrogen-bond acceptors (Lipinski definition) is 3. The number of carboxylic acid groups (broad SMARTS) is 1. The van der Waals surface area contributed by atoms with Crippen LogP contribution < -0.4 is 0 Å². The van der Waals surface area contributed by atoms with Gasteiger partial charge in [-0.25, -0.2) is 9.78 Å². The summed E-state index contributed by atoms with van der Waals surface area (Å²) < 4.78 is 5.66. The molecule has 0 radical (unpaired) electrons. The molecule has 19 heavy (non-hydrogen) atoms. The third kappa shape index (κ3) is 2.62. The fraction of sp³-hybridized carbons (Fsp3) is 0.467. The number of oxazole rings is 1. The van der Waals surface area contributed by atoms with Crippen LogP contribution in [-0.4, -0.2) is 16.1 Å². The van der Waals surface area contributed by atoms with Crippen LogP contribution in [0.15, 0.2) is 22.6 Å². The highest BCUT2D eigenvalue weighted by molar-refractivity contribution is 5.91. The van der Waals surface area contributed by atoms with Crippen LogP contribution in [0.3, 0.4) is 0 Å². The van der Waals surface area contributed by atoms with Crippen LogP contribution in [0, 0.1) is 5.92 Å². The molecule has 1 aliphatic rings. The Hall–Kier alpha value is -1.84. The molecule has 4 heteroatoms. The molecule has 4 nitrogen and oxygen atoms in total. The van der Waals surface area contributed by atoms with E-state index in [9.17, 15) is 4.79 Å². The van der Waals surface area contributed by atoms with Gasteiger partial charge in [0, 0.05) is 6.42 Å². The Labute approximate surface area is 111 Å². The van der Waals surface area contributed by atoms with Crippen molar-refractivity contribution in [3.05, 3.63) is 29.7 Å². The first-order chi connectivity index (χ1) is 9.22. The fourth-order valence-electron chi connectivity index (χ4n) is 2.84. The minimum Gasteiger partial charge on any atom is -0.478 e. The molecule has 0 atom stereocenters. The van der Waals surface area contributed by atoms with E-state index in [1.165, 1.54) is 25.7 Å². The van der Waals surface area contributed by atoms with E-state index in [1.807, 2.05) is 0 Å². The zero-order chi connectivity index (χ0) is 13.2. The molecule has 1 aliphatic carbocycles. The Balaban J connectivity index is 1.75. The van der Waals surface area contributed by atoms with Crippen LogP contribution >= 0.6 is 0 Å². The van der Waals surface area contributed by atoms with Gasteiger partial charge in [-0.15, -0.1) is 0 Å². The van der Waals surface area contributed by atoms with E-state index in [-0.39, 0.29) is 5.56 Å². The summed E-state index contributed by atoms with van der Waals surface area (Å²) in [6.07, 6.45) is 7.31. The molecule has 1 heterocycles. The molecule has 0 aliphatic heterocycles. The van der Waals surface area contributed by atoms with Gasteiger partial charge in [-0.1, -0.05) is 25.7 Å². The lowest BCUT2D eigenvalue weighted by molar-refractivity contribution is 0.0697. The molecule has 0 amide bonds. The molecule has 0 unspecified atom stereocenters. The van der Waals surface area contributed by atoms with Crippen molar-refractivity contribution in [1.82, 2.24) is 4.98 Å². The second-order valence-electron chi connectivity index (χ2n) is 5.28. The van der Waals surface area contributed by atoms with E-state index in [1.54, 1.807) is 18.2 Å². The van der Waals surface area contributed by atoms with Gasteiger partial charge in [0.15, 0.2) is 11.5 Å². The van der Waals surface area contributed by atoms with E-state index in [2.05, 4.69) is 4.98 Å². The van der Waals surface area contributed by atoms with Crippen LogP contribution in [0.5, 0.6) is 0 Å². The molecular formula is C15H17NO3. The third-order valence-corrected chi connectivity index (χ3v) is 3.92. The van der Waals surface area contributed by atoms with Crippen LogP contribution in [0.1, 0.15) is 48.4 Å². The number of aromatic carboxylic acids is 1. The lowest BCUT2D eigenvalue weighted by Gasteiger charge is -2.05. The van der Waals surface area contributed by atoms with E-state index >= 15 is 0 Å². The van der Waals surface area contributed by atoms with Crippen molar-refractivity contribution in [3.8, 4) is 0 Å². The standard InChI is InChI=1S/C15H17NO3/c17-15(18)11-6-7-13-12(9-11)16-14(19-13)8-5-10-3-1-2-4-10/h6-7,9-10H,1-5,8H2,(H,17,18). The molecule has 1 aromatic heterocycles. The molecule has 100 valence electrons. The van der Waals surface area contributed by atoms with Gasteiger partial charge in [-0.05, 0) is 30.5 Å². The van der Waals surface area contributed by atoms with E-state index in [0.29, 0.717) is 11.1 Å². The Morgan fingerprint density at radius 2 is 2.16 bits per heavy atom. The monoisotopic (exact) mass is 259 g/mol. The molecule has 1 fully saturated rings. The van der Waals surface area contributed by atoms with Crippen LogP contribution in [0.4, 0.5) is 0 Å². The van der Waals surface area contributed by atoms with Crippen molar-refractivity contribution in [2.75, 3.05) is 0 Å². The van der Waals surface area contributed by atoms with Gasteiger partial charge in [-0.3, -0.25) is 0 Å². The van der Waals surface area contributed by atoms with Crippen molar-refractivity contribution >= 4 is 17.1 Å². The first-order valence-electron chi connectivity index (χ1n) is 6.85.